The van der Waals surface area contributed by atoms with Gasteiger partial charge in [-0.15, -0.1) is 0 Å². The molecule has 1 aromatic rings. The molecule has 1 aromatic carbocycles. The summed E-state index contributed by atoms with van der Waals surface area (Å²) in [5.74, 6) is -0.0252. The van der Waals surface area contributed by atoms with E-state index in [1.54, 1.807) is 31.2 Å². The fourth-order valence-corrected chi connectivity index (χ4v) is 2.92. The first-order valence-electron chi connectivity index (χ1n) is 7.39. The summed E-state index contributed by atoms with van der Waals surface area (Å²) in [5.41, 5.74) is 0.722. The van der Waals surface area contributed by atoms with E-state index >= 15 is 0 Å². The fourth-order valence-electron chi connectivity index (χ4n) is 2.79. The minimum absolute atomic E-state index is 0.0567. The van der Waals surface area contributed by atoms with E-state index in [0.717, 1.165) is 18.5 Å². The number of rotatable bonds is 5. The normalized spacial score (nSPS) is 15.0. The molecule has 2 amide bonds. The maximum Gasteiger partial charge on any atom is 0.226 e. The highest BCUT2D eigenvalue weighted by atomic mass is 35.5. The van der Waals surface area contributed by atoms with Gasteiger partial charge < -0.3 is 10.2 Å². The second-order valence-corrected chi connectivity index (χ2v) is 5.89. The Hall–Kier alpha value is -1.55. The van der Waals surface area contributed by atoms with Crippen LogP contribution >= 0.6 is 11.6 Å². The van der Waals surface area contributed by atoms with Crippen LogP contribution in [-0.4, -0.2) is 29.3 Å². The van der Waals surface area contributed by atoms with Crippen molar-refractivity contribution in [2.75, 3.05) is 11.9 Å². The summed E-state index contributed by atoms with van der Waals surface area (Å²) in [6.45, 7) is 2.06. The Morgan fingerprint density at radius 3 is 2.43 bits per heavy atom. The highest BCUT2D eigenvalue weighted by molar-refractivity contribution is 6.30. The van der Waals surface area contributed by atoms with Gasteiger partial charge in [0.1, 0.15) is 0 Å². The van der Waals surface area contributed by atoms with E-state index in [0.29, 0.717) is 24.0 Å². The van der Waals surface area contributed by atoms with Gasteiger partial charge in [0, 0.05) is 36.6 Å². The lowest BCUT2D eigenvalue weighted by Gasteiger charge is -2.27. The van der Waals surface area contributed by atoms with Crippen LogP contribution in [0.15, 0.2) is 24.3 Å². The van der Waals surface area contributed by atoms with Gasteiger partial charge in [-0.1, -0.05) is 24.4 Å². The standard InChI is InChI=1S/C16H21ClN2O2/c1-12(20)19(15-4-2-3-5-15)11-10-16(21)18-14-8-6-13(17)7-9-14/h6-9,15H,2-5,10-11H2,1H3,(H,18,21). The lowest BCUT2D eigenvalue weighted by Crippen LogP contribution is -2.39. The van der Waals surface area contributed by atoms with Crippen molar-refractivity contribution in [1.29, 1.82) is 0 Å². The molecule has 21 heavy (non-hydrogen) atoms. The topological polar surface area (TPSA) is 49.4 Å². The number of carbonyl (C=O) groups is 2. The van der Waals surface area contributed by atoms with Crippen molar-refractivity contribution in [3.05, 3.63) is 29.3 Å². The van der Waals surface area contributed by atoms with Gasteiger partial charge in [-0.3, -0.25) is 9.59 Å². The van der Waals surface area contributed by atoms with Crippen molar-refractivity contribution in [2.45, 2.75) is 45.1 Å². The van der Waals surface area contributed by atoms with Gasteiger partial charge >= 0.3 is 0 Å². The molecule has 114 valence electrons. The Morgan fingerprint density at radius 1 is 1.24 bits per heavy atom. The van der Waals surface area contributed by atoms with Crippen LogP contribution in [0, 0.1) is 0 Å². The zero-order valence-electron chi connectivity index (χ0n) is 12.3. The van der Waals surface area contributed by atoms with Crippen LogP contribution in [0.2, 0.25) is 5.02 Å². The molecule has 0 aliphatic heterocycles. The minimum atomic E-state index is -0.0819. The first-order chi connectivity index (χ1) is 10.1. The number of hydrogen-bond donors (Lipinski definition) is 1. The van der Waals surface area contributed by atoms with Gasteiger partial charge in [0.2, 0.25) is 11.8 Å². The number of amides is 2. The van der Waals surface area contributed by atoms with Crippen LogP contribution in [0.5, 0.6) is 0 Å². The van der Waals surface area contributed by atoms with Crippen molar-refractivity contribution in [2.24, 2.45) is 0 Å². The summed E-state index contributed by atoms with van der Waals surface area (Å²) in [6, 6.07) is 7.31. The van der Waals surface area contributed by atoms with Gasteiger partial charge in [0.25, 0.3) is 0 Å². The lowest BCUT2D eigenvalue weighted by atomic mass is 10.2. The predicted molar refractivity (Wildman–Crippen MR) is 84.3 cm³/mol. The van der Waals surface area contributed by atoms with Crippen LogP contribution in [0.1, 0.15) is 39.0 Å². The molecule has 0 aromatic heterocycles. The van der Waals surface area contributed by atoms with Gasteiger partial charge in [-0.05, 0) is 37.1 Å². The maximum atomic E-state index is 12.0. The van der Waals surface area contributed by atoms with E-state index in [1.165, 1.54) is 12.8 Å². The molecule has 0 spiro atoms. The van der Waals surface area contributed by atoms with Crippen molar-refractivity contribution in [3.8, 4) is 0 Å². The minimum Gasteiger partial charge on any atom is -0.339 e. The number of anilines is 1. The molecule has 0 saturated heterocycles. The monoisotopic (exact) mass is 308 g/mol. The zero-order chi connectivity index (χ0) is 15.2. The fraction of sp³-hybridized carbons (Fsp3) is 0.500. The summed E-state index contributed by atoms with van der Waals surface area (Å²) < 4.78 is 0. The quantitative estimate of drug-likeness (QED) is 0.905. The third kappa shape index (κ3) is 4.74. The largest absolute Gasteiger partial charge is 0.339 e. The third-order valence-corrected chi connectivity index (χ3v) is 4.13. The summed E-state index contributed by atoms with van der Waals surface area (Å²) in [4.78, 5) is 25.5. The number of nitrogens with one attached hydrogen (secondary N) is 1. The summed E-state index contributed by atoms with van der Waals surface area (Å²) >= 11 is 5.80. The molecule has 1 saturated carbocycles. The van der Waals surface area contributed by atoms with E-state index in [4.69, 9.17) is 11.6 Å². The van der Waals surface area contributed by atoms with E-state index in [1.807, 2.05) is 4.90 Å². The van der Waals surface area contributed by atoms with E-state index in [2.05, 4.69) is 5.32 Å². The Bertz CT molecular complexity index is 496. The Kier molecular flexibility index (Phi) is 5.62. The first kappa shape index (κ1) is 15.8. The van der Waals surface area contributed by atoms with Crippen LogP contribution in [0.4, 0.5) is 5.69 Å². The molecule has 0 atom stereocenters. The van der Waals surface area contributed by atoms with Crippen LogP contribution in [-0.2, 0) is 9.59 Å². The highest BCUT2D eigenvalue weighted by Gasteiger charge is 2.24. The highest BCUT2D eigenvalue weighted by Crippen LogP contribution is 2.23. The smallest absolute Gasteiger partial charge is 0.226 e. The average molecular weight is 309 g/mol. The number of nitrogens with zero attached hydrogens (tertiary/aromatic N) is 1. The van der Waals surface area contributed by atoms with Crippen molar-refractivity contribution < 1.29 is 9.59 Å². The molecule has 5 heteroatoms. The van der Waals surface area contributed by atoms with Crippen molar-refractivity contribution in [3.63, 3.8) is 0 Å². The summed E-state index contributed by atoms with van der Waals surface area (Å²) in [7, 11) is 0. The molecule has 0 unspecified atom stereocenters. The van der Waals surface area contributed by atoms with Crippen LogP contribution in [0.25, 0.3) is 0 Å². The molecule has 2 rings (SSSR count). The molecular formula is C16H21ClN2O2. The van der Waals surface area contributed by atoms with Gasteiger partial charge in [-0.2, -0.15) is 0 Å². The zero-order valence-corrected chi connectivity index (χ0v) is 13.0. The second-order valence-electron chi connectivity index (χ2n) is 5.46. The molecule has 1 N–H and O–H groups in total. The second kappa shape index (κ2) is 7.46. The number of carbonyl (C=O) groups excluding carboxylic acids is 2. The molecule has 4 nitrogen and oxygen atoms in total. The third-order valence-electron chi connectivity index (χ3n) is 3.88. The van der Waals surface area contributed by atoms with E-state index in [9.17, 15) is 9.59 Å². The predicted octanol–water partition coefficient (Wildman–Crippen LogP) is 3.46. The summed E-state index contributed by atoms with van der Waals surface area (Å²) in [5, 5.41) is 3.45. The molecule has 1 aliphatic rings. The van der Waals surface area contributed by atoms with E-state index < -0.39 is 0 Å². The molecule has 0 heterocycles. The first-order valence-corrected chi connectivity index (χ1v) is 7.76. The van der Waals surface area contributed by atoms with Crippen molar-refractivity contribution in [1.82, 2.24) is 4.90 Å². The summed E-state index contributed by atoms with van der Waals surface area (Å²) in [6.07, 6.45) is 4.77. The SMILES string of the molecule is CC(=O)N(CCC(=O)Nc1ccc(Cl)cc1)C1CCCC1. The average Bonchev–Trinajstić information content (AvgIpc) is 2.95. The van der Waals surface area contributed by atoms with Crippen LogP contribution < -0.4 is 5.32 Å². The molecule has 0 radical (unpaired) electrons. The molecular weight excluding hydrogens is 288 g/mol. The van der Waals surface area contributed by atoms with E-state index in [-0.39, 0.29) is 11.8 Å². The number of hydrogen-bond acceptors (Lipinski definition) is 2. The molecule has 0 bridgehead atoms. The molecule has 1 fully saturated rings. The van der Waals surface area contributed by atoms with Gasteiger partial charge in [-0.25, -0.2) is 0 Å². The molecule has 1 aliphatic carbocycles. The van der Waals surface area contributed by atoms with Gasteiger partial charge in [0.15, 0.2) is 0 Å². The number of benzene rings is 1. The Balaban J connectivity index is 1.83. The Morgan fingerprint density at radius 2 is 1.86 bits per heavy atom. The van der Waals surface area contributed by atoms with Gasteiger partial charge in [0.05, 0.1) is 0 Å². The maximum absolute atomic E-state index is 12.0. The van der Waals surface area contributed by atoms with Crippen molar-refractivity contribution >= 4 is 29.1 Å². The lowest BCUT2D eigenvalue weighted by molar-refractivity contribution is -0.131. The number of halogens is 1. The Labute approximate surface area is 130 Å². The van der Waals surface area contributed by atoms with Crippen LogP contribution in [0.3, 0.4) is 0 Å².